The first-order chi connectivity index (χ1) is 15.2. The Morgan fingerprint density at radius 3 is 2.50 bits per heavy atom. The quantitative estimate of drug-likeness (QED) is 0.185. The predicted octanol–water partition coefficient (Wildman–Crippen LogP) is 0.158. The van der Waals surface area contributed by atoms with Crippen molar-refractivity contribution < 1.29 is 4.92 Å². The summed E-state index contributed by atoms with van der Waals surface area (Å²) >= 11 is 0. The van der Waals surface area contributed by atoms with Crippen LogP contribution in [0.2, 0.25) is 0 Å². The number of guanidine groups is 1. The van der Waals surface area contributed by atoms with E-state index in [0.29, 0.717) is 11.0 Å². The Kier molecular flexibility index (Phi) is 4.41. The third-order valence-corrected chi connectivity index (χ3v) is 5.27. The van der Waals surface area contributed by atoms with Gasteiger partial charge in [-0.1, -0.05) is 0 Å². The number of nitro groups is 1. The maximum atomic E-state index is 12.4. The molecule has 0 spiro atoms. The van der Waals surface area contributed by atoms with Crippen molar-refractivity contribution in [3.63, 3.8) is 0 Å². The van der Waals surface area contributed by atoms with Crippen LogP contribution in [0.15, 0.2) is 21.9 Å². The number of anilines is 3. The molecule has 160 valence electrons. The van der Waals surface area contributed by atoms with Crippen LogP contribution in [-0.2, 0) is 14.1 Å². The van der Waals surface area contributed by atoms with E-state index in [2.05, 4.69) is 20.6 Å². The maximum absolute atomic E-state index is 12.4. The number of pyridine rings is 1. The number of rotatable bonds is 2. The summed E-state index contributed by atoms with van der Waals surface area (Å²) in [6, 6.07) is 3.48. The monoisotopic (exact) mass is 433 g/mol. The first kappa shape index (κ1) is 20.2. The van der Waals surface area contributed by atoms with E-state index in [-0.39, 0.29) is 51.4 Å². The minimum Gasteiger partial charge on any atom is -0.397 e. The fraction of sp³-hybridized carbons (Fsp3) is 0.167. The Morgan fingerprint density at radius 1 is 1.25 bits per heavy atom. The summed E-state index contributed by atoms with van der Waals surface area (Å²) in [5, 5.41) is 35.5. The van der Waals surface area contributed by atoms with Crippen molar-refractivity contribution in [1.82, 2.24) is 19.4 Å². The van der Waals surface area contributed by atoms with Crippen LogP contribution in [0.3, 0.4) is 0 Å². The highest BCUT2D eigenvalue weighted by atomic mass is 16.6. The van der Waals surface area contributed by atoms with Gasteiger partial charge in [0.05, 0.1) is 27.2 Å². The van der Waals surface area contributed by atoms with Crippen LogP contribution >= 0.6 is 0 Å². The van der Waals surface area contributed by atoms with Gasteiger partial charge in [0.25, 0.3) is 5.69 Å². The van der Waals surface area contributed by atoms with Crippen molar-refractivity contribution in [2.24, 2.45) is 19.1 Å². The summed E-state index contributed by atoms with van der Waals surface area (Å²) in [5.74, 6) is -0.103. The van der Waals surface area contributed by atoms with Crippen molar-refractivity contribution in [3.05, 3.63) is 49.4 Å². The van der Waals surface area contributed by atoms with Crippen molar-refractivity contribution >= 4 is 40.0 Å². The first-order valence-electron chi connectivity index (χ1n) is 9.02. The fourth-order valence-corrected chi connectivity index (χ4v) is 3.73. The number of benzene rings is 1. The molecule has 1 unspecified atom stereocenters. The molecule has 3 heterocycles. The third kappa shape index (κ3) is 2.75. The zero-order chi connectivity index (χ0) is 23.3. The maximum Gasteiger partial charge on any atom is 0.328 e. The Labute approximate surface area is 179 Å². The summed E-state index contributed by atoms with van der Waals surface area (Å²) in [6.45, 7) is 0. The summed E-state index contributed by atoms with van der Waals surface area (Å²) < 4.78 is 2.63. The lowest BCUT2D eigenvalue weighted by atomic mass is 9.93. The van der Waals surface area contributed by atoms with Crippen molar-refractivity contribution in [1.29, 1.82) is 10.5 Å². The lowest BCUT2D eigenvalue weighted by molar-refractivity contribution is -0.385. The highest BCUT2D eigenvalue weighted by molar-refractivity contribution is 5.99. The summed E-state index contributed by atoms with van der Waals surface area (Å²) in [6.07, 6.45) is 1.71. The molecule has 1 atom stereocenters. The van der Waals surface area contributed by atoms with Crippen LogP contribution in [0.4, 0.5) is 23.0 Å². The van der Waals surface area contributed by atoms with Crippen molar-refractivity contribution in [3.8, 4) is 12.3 Å². The van der Waals surface area contributed by atoms with Gasteiger partial charge in [-0.2, -0.15) is 10.5 Å². The molecule has 1 aromatic carbocycles. The molecule has 4 rings (SSSR count). The molecule has 0 amide bonds. The Morgan fingerprint density at radius 2 is 1.91 bits per heavy atom. The van der Waals surface area contributed by atoms with Gasteiger partial charge in [-0.05, 0) is 6.07 Å². The number of fused-ring (bicyclic) bond motifs is 2. The SMILES string of the molecule is Cn1c(=O)n(C)c2cc([N+](=O)[O-])c(C3N=C(NC#N)Nc4nc(N)c(C#N)c(N)c43)cc21. The lowest BCUT2D eigenvalue weighted by Gasteiger charge is -2.26. The topological polar surface area (TPSA) is 219 Å². The molecule has 0 bridgehead atoms. The first-order valence-corrected chi connectivity index (χ1v) is 9.02. The number of aliphatic imine (C=N–C) groups is 1. The minimum absolute atomic E-state index is 0.0441. The van der Waals surface area contributed by atoms with E-state index in [4.69, 9.17) is 16.7 Å². The number of aromatic nitrogens is 3. The number of aryl methyl sites for hydroxylation is 2. The van der Waals surface area contributed by atoms with Gasteiger partial charge in [0.2, 0.25) is 5.96 Å². The molecular formula is C18H15N11O3. The average molecular weight is 433 g/mol. The molecule has 0 radical (unpaired) electrons. The predicted molar refractivity (Wildman–Crippen MR) is 114 cm³/mol. The minimum atomic E-state index is -1.12. The largest absolute Gasteiger partial charge is 0.397 e. The van der Waals surface area contributed by atoms with Gasteiger partial charge in [-0.25, -0.2) is 14.8 Å². The number of nitrogen functional groups attached to an aromatic ring is 2. The molecule has 0 aliphatic carbocycles. The average Bonchev–Trinajstić information content (AvgIpc) is 2.96. The second kappa shape index (κ2) is 6.99. The van der Waals surface area contributed by atoms with Crippen LogP contribution in [-0.4, -0.2) is 25.0 Å². The highest BCUT2D eigenvalue weighted by Crippen LogP contribution is 2.43. The normalized spacial score (nSPS) is 14.6. The highest BCUT2D eigenvalue weighted by Gasteiger charge is 2.34. The Balaban J connectivity index is 2.11. The number of imidazole rings is 1. The summed E-state index contributed by atoms with van der Waals surface area (Å²) in [5.41, 5.74) is 12.2. The molecule has 0 fully saturated rings. The van der Waals surface area contributed by atoms with Crippen LogP contribution in [0.1, 0.15) is 22.7 Å². The molecular weight excluding hydrogens is 418 g/mol. The van der Waals surface area contributed by atoms with Gasteiger partial charge in [-0.15, -0.1) is 0 Å². The van der Waals surface area contributed by atoms with E-state index in [0.717, 1.165) is 0 Å². The van der Waals surface area contributed by atoms with Crippen molar-refractivity contribution in [2.75, 3.05) is 16.8 Å². The molecule has 0 saturated heterocycles. The zero-order valence-corrected chi connectivity index (χ0v) is 16.7. The van der Waals surface area contributed by atoms with Gasteiger partial charge in [-0.3, -0.25) is 24.6 Å². The zero-order valence-electron chi connectivity index (χ0n) is 16.7. The van der Waals surface area contributed by atoms with E-state index >= 15 is 0 Å². The second-order valence-corrected chi connectivity index (χ2v) is 6.96. The Bertz CT molecular complexity index is 1500. The van der Waals surface area contributed by atoms with E-state index in [1.807, 2.05) is 6.07 Å². The van der Waals surface area contributed by atoms with Gasteiger partial charge >= 0.3 is 5.69 Å². The molecule has 14 heteroatoms. The van der Waals surface area contributed by atoms with Crippen molar-refractivity contribution in [2.45, 2.75) is 6.04 Å². The van der Waals surface area contributed by atoms with Gasteiger partial charge in [0.15, 0.2) is 6.19 Å². The van der Waals surface area contributed by atoms with Crippen LogP contribution in [0.5, 0.6) is 0 Å². The van der Waals surface area contributed by atoms with Crippen LogP contribution in [0.25, 0.3) is 11.0 Å². The third-order valence-electron chi connectivity index (χ3n) is 5.27. The number of nitriles is 2. The number of nitro benzene ring substituents is 1. The standard InChI is InChI=1S/C18H15N11O3/c1-27-10-3-7(9(29(31)32)4-11(10)28(2)18(27)30)14-12-13(21)8(5-19)15(22)25-16(12)26-17(24-14)23-6-20/h3-4,14H,1-2H3,(H6,21,22,23,24,25,26). The molecule has 1 aliphatic heterocycles. The van der Waals surface area contributed by atoms with E-state index < -0.39 is 11.0 Å². The number of nitrogens with one attached hydrogen (secondary N) is 2. The van der Waals surface area contributed by atoms with Gasteiger partial charge < -0.3 is 16.8 Å². The second-order valence-electron chi connectivity index (χ2n) is 6.96. The number of hydrogen-bond donors (Lipinski definition) is 4. The van der Waals surface area contributed by atoms with Crippen LogP contribution < -0.4 is 27.8 Å². The summed E-state index contributed by atoms with van der Waals surface area (Å²) in [7, 11) is 3.04. The molecule has 1 aliphatic rings. The Hall–Kier alpha value is -5.11. The number of nitrogens with zero attached hydrogens (tertiary/aromatic N) is 7. The van der Waals surface area contributed by atoms with Crippen LogP contribution in [0, 0.1) is 32.9 Å². The smallest absolute Gasteiger partial charge is 0.328 e. The van der Waals surface area contributed by atoms with E-state index in [9.17, 15) is 20.2 Å². The summed E-state index contributed by atoms with van der Waals surface area (Å²) in [4.78, 5) is 32.2. The lowest BCUT2D eigenvalue weighted by Crippen LogP contribution is -2.33. The molecule has 6 N–H and O–H groups in total. The molecule has 14 nitrogen and oxygen atoms in total. The van der Waals surface area contributed by atoms with Gasteiger partial charge in [0.1, 0.15) is 29.3 Å². The molecule has 0 saturated carbocycles. The van der Waals surface area contributed by atoms with E-state index in [1.165, 1.54) is 35.4 Å². The van der Waals surface area contributed by atoms with Gasteiger partial charge in [0, 0.05) is 25.7 Å². The molecule has 3 aromatic rings. The van der Waals surface area contributed by atoms with E-state index in [1.54, 1.807) is 6.19 Å². The number of nitrogens with two attached hydrogens (primary N) is 2. The molecule has 32 heavy (non-hydrogen) atoms. The fourth-order valence-electron chi connectivity index (χ4n) is 3.73. The molecule has 2 aromatic heterocycles. The number of hydrogen-bond acceptors (Lipinski definition) is 11.